The van der Waals surface area contributed by atoms with Crippen LogP contribution in [0.15, 0.2) is 18.2 Å². The Balaban J connectivity index is 2.24. The molecule has 0 unspecified atom stereocenters. The summed E-state index contributed by atoms with van der Waals surface area (Å²) in [6.07, 6.45) is 5.90. The monoisotopic (exact) mass is 264 g/mol. The highest BCUT2D eigenvalue weighted by Gasteiger charge is 2.24. The molecule has 0 bridgehead atoms. The van der Waals surface area contributed by atoms with E-state index in [9.17, 15) is 10.1 Å². The molecule has 0 amide bonds. The molecule has 0 aliphatic heterocycles. The van der Waals surface area contributed by atoms with Crippen molar-refractivity contribution < 1.29 is 9.66 Å². The zero-order valence-corrected chi connectivity index (χ0v) is 11.2. The van der Waals surface area contributed by atoms with Crippen LogP contribution in [0.5, 0.6) is 5.75 Å². The lowest BCUT2D eigenvalue weighted by molar-refractivity contribution is -0.385. The van der Waals surface area contributed by atoms with Crippen molar-refractivity contribution in [1.29, 1.82) is 0 Å². The maximum atomic E-state index is 11.0. The fraction of sp³-hybridized carbons (Fsp3) is 0.571. The number of nitrogens with zero attached hydrogens (tertiary/aromatic N) is 1. The molecule has 2 rings (SSSR count). The molecule has 5 heteroatoms. The summed E-state index contributed by atoms with van der Waals surface area (Å²) in [4.78, 5) is 10.6. The SMILES string of the molecule is COc1ccc([C@H](N)C2CCCCC2)cc1[N+](=O)[O-]. The maximum Gasteiger partial charge on any atom is 0.311 e. The van der Waals surface area contributed by atoms with E-state index < -0.39 is 4.92 Å². The molecule has 0 saturated heterocycles. The van der Waals surface area contributed by atoms with Crippen molar-refractivity contribution in [3.8, 4) is 5.75 Å². The Kier molecular flexibility index (Phi) is 4.37. The predicted octanol–water partition coefficient (Wildman–Crippen LogP) is 3.18. The van der Waals surface area contributed by atoms with Crippen LogP contribution >= 0.6 is 0 Å². The van der Waals surface area contributed by atoms with Gasteiger partial charge in [-0.25, -0.2) is 0 Å². The summed E-state index contributed by atoms with van der Waals surface area (Å²) in [5.74, 6) is 0.714. The largest absolute Gasteiger partial charge is 0.490 e. The summed E-state index contributed by atoms with van der Waals surface area (Å²) in [7, 11) is 1.43. The molecule has 19 heavy (non-hydrogen) atoms. The number of rotatable bonds is 4. The summed E-state index contributed by atoms with van der Waals surface area (Å²) < 4.78 is 5.00. The van der Waals surface area contributed by atoms with Gasteiger partial charge in [0.25, 0.3) is 0 Å². The van der Waals surface area contributed by atoms with E-state index in [1.165, 1.54) is 26.4 Å². The van der Waals surface area contributed by atoms with E-state index in [2.05, 4.69) is 0 Å². The highest BCUT2D eigenvalue weighted by molar-refractivity contribution is 5.49. The van der Waals surface area contributed by atoms with Crippen molar-refractivity contribution in [2.75, 3.05) is 7.11 Å². The number of hydrogen-bond donors (Lipinski definition) is 1. The lowest BCUT2D eigenvalue weighted by Crippen LogP contribution is -2.23. The number of ether oxygens (including phenoxy) is 1. The summed E-state index contributed by atoms with van der Waals surface area (Å²) in [5, 5.41) is 11.0. The molecule has 1 aliphatic carbocycles. The van der Waals surface area contributed by atoms with Crippen LogP contribution in [0.25, 0.3) is 0 Å². The predicted molar refractivity (Wildman–Crippen MR) is 73.2 cm³/mol. The Bertz CT molecular complexity index is 456. The lowest BCUT2D eigenvalue weighted by atomic mass is 9.81. The van der Waals surface area contributed by atoms with E-state index >= 15 is 0 Å². The Hall–Kier alpha value is -1.62. The van der Waals surface area contributed by atoms with Gasteiger partial charge in [0.15, 0.2) is 5.75 Å². The molecule has 2 N–H and O–H groups in total. The highest BCUT2D eigenvalue weighted by Crippen LogP contribution is 2.36. The quantitative estimate of drug-likeness (QED) is 0.669. The molecule has 0 heterocycles. The molecule has 1 fully saturated rings. The molecule has 0 radical (unpaired) electrons. The van der Waals surface area contributed by atoms with Gasteiger partial charge in [0.2, 0.25) is 0 Å². The molecule has 1 aliphatic rings. The third kappa shape index (κ3) is 3.04. The van der Waals surface area contributed by atoms with Gasteiger partial charge in [-0.2, -0.15) is 0 Å². The molecule has 104 valence electrons. The fourth-order valence-electron chi connectivity index (χ4n) is 2.82. The van der Waals surface area contributed by atoms with Gasteiger partial charge in [0.05, 0.1) is 12.0 Å². The molecular weight excluding hydrogens is 244 g/mol. The average molecular weight is 264 g/mol. The van der Waals surface area contributed by atoms with Crippen molar-refractivity contribution in [3.63, 3.8) is 0 Å². The third-order valence-corrected chi connectivity index (χ3v) is 3.94. The van der Waals surface area contributed by atoms with Gasteiger partial charge in [0, 0.05) is 12.1 Å². The van der Waals surface area contributed by atoms with E-state index in [4.69, 9.17) is 10.5 Å². The second-order valence-electron chi connectivity index (χ2n) is 5.11. The van der Waals surface area contributed by atoms with Crippen LogP contribution in [0.2, 0.25) is 0 Å². The zero-order chi connectivity index (χ0) is 13.8. The maximum absolute atomic E-state index is 11.0. The van der Waals surface area contributed by atoms with Gasteiger partial charge in [-0.1, -0.05) is 25.3 Å². The summed E-state index contributed by atoms with van der Waals surface area (Å²) in [6, 6.07) is 4.91. The van der Waals surface area contributed by atoms with Crippen molar-refractivity contribution in [2.45, 2.75) is 38.1 Å². The van der Waals surface area contributed by atoms with E-state index in [1.807, 2.05) is 6.07 Å². The molecular formula is C14H20N2O3. The van der Waals surface area contributed by atoms with E-state index in [1.54, 1.807) is 12.1 Å². The first kappa shape index (κ1) is 13.8. The van der Waals surface area contributed by atoms with E-state index in [0.29, 0.717) is 5.92 Å². The number of nitro groups is 1. The van der Waals surface area contributed by atoms with Gasteiger partial charge in [-0.05, 0) is 30.4 Å². The Morgan fingerprint density at radius 3 is 2.63 bits per heavy atom. The minimum atomic E-state index is -0.421. The standard InChI is InChI=1S/C14H20N2O3/c1-19-13-8-7-11(9-12(13)16(17)18)14(15)10-5-3-2-4-6-10/h7-10,14H,2-6,15H2,1H3/t14-/m1/s1. The van der Waals surface area contributed by atoms with Gasteiger partial charge >= 0.3 is 5.69 Å². The summed E-state index contributed by atoms with van der Waals surface area (Å²) >= 11 is 0. The third-order valence-electron chi connectivity index (χ3n) is 3.94. The van der Waals surface area contributed by atoms with Gasteiger partial charge in [-0.3, -0.25) is 10.1 Å². The summed E-state index contributed by atoms with van der Waals surface area (Å²) in [6.45, 7) is 0. The van der Waals surface area contributed by atoms with Crippen LogP contribution < -0.4 is 10.5 Å². The second kappa shape index (κ2) is 6.02. The Labute approximate surface area is 112 Å². The van der Waals surface area contributed by atoms with Crippen molar-refractivity contribution >= 4 is 5.69 Å². The van der Waals surface area contributed by atoms with Gasteiger partial charge in [0.1, 0.15) is 0 Å². The van der Waals surface area contributed by atoms with Crippen molar-refractivity contribution in [3.05, 3.63) is 33.9 Å². The van der Waals surface area contributed by atoms with Crippen LogP contribution in [0, 0.1) is 16.0 Å². The molecule has 1 saturated carbocycles. The number of methoxy groups -OCH3 is 1. The molecule has 1 atom stereocenters. The van der Waals surface area contributed by atoms with Crippen LogP contribution in [-0.2, 0) is 0 Å². The van der Waals surface area contributed by atoms with Crippen LogP contribution in [0.1, 0.15) is 43.7 Å². The average Bonchev–Trinajstić information content (AvgIpc) is 2.46. The second-order valence-corrected chi connectivity index (χ2v) is 5.11. The van der Waals surface area contributed by atoms with Gasteiger partial charge < -0.3 is 10.5 Å². The van der Waals surface area contributed by atoms with E-state index in [0.717, 1.165) is 18.4 Å². The van der Waals surface area contributed by atoms with Crippen molar-refractivity contribution in [1.82, 2.24) is 0 Å². The number of benzene rings is 1. The molecule has 5 nitrogen and oxygen atoms in total. The number of hydrogen-bond acceptors (Lipinski definition) is 4. The minimum Gasteiger partial charge on any atom is -0.490 e. The zero-order valence-electron chi connectivity index (χ0n) is 11.2. The van der Waals surface area contributed by atoms with Crippen LogP contribution in [-0.4, -0.2) is 12.0 Å². The van der Waals surface area contributed by atoms with Crippen LogP contribution in [0.4, 0.5) is 5.69 Å². The Morgan fingerprint density at radius 2 is 2.05 bits per heavy atom. The normalized spacial score (nSPS) is 18.0. The number of nitrogens with two attached hydrogens (primary N) is 1. The smallest absolute Gasteiger partial charge is 0.311 e. The van der Waals surface area contributed by atoms with Gasteiger partial charge in [-0.15, -0.1) is 0 Å². The minimum absolute atomic E-state index is 0.00809. The first-order valence-corrected chi connectivity index (χ1v) is 6.71. The summed E-state index contributed by atoms with van der Waals surface area (Å²) in [5.41, 5.74) is 7.09. The Morgan fingerprint density at radius 1 is 1.37 bits per heavy atom. The molecule has 0 aromatic heterocycles. The molecule has 1 aromatic rings. The first-order valence-electron chi connectivity index (χ1n) is 6.71. The highest BCUT2D eigenvalue weighted by atomic mass is 16.6. The number of nitro benzene ring substituents is 1. The molecule has 1 aromatic carbocycles. The topological polar surface area (TPSA) is 78.4 Å². The van der Waals surface area contributed by atoms with E-state index in [-0.39, 0.29) is 17.5 Å². The fourth-order valence-corrected chi connectivity index (χ4v) is 2.82. The lowest BCUT2D eigenvalue weighted by Gasteiger charge is -2.27. The van der Waals surface area contributed by atoms with Crippen LogP contribution in [0.3, 0.4) is 0 Å². The molecule has 0 spiro atoms. The first-order chi connectivity index (χ1) is 9.13. The van der Waals surface area contributed by atoms with Crippen molar-refractivity contribution in [2.24, 2.45) is 11.7 Å².